The molecule has 1 aliphatic heterocycles. The van der Waals surface area contributed by atoms with Crippen LogP contribution in [0.4, 0.5) is 0 Å². The summed E-state index contributed by atoms with van der Waals surface area (Å²) in [5.74, 6) is 0.0530. The molecule has 5 heteroatoms. The van der Waals surface area contributed by atoms with E-state index in [2.05, 4.69) is 46.3 Å². The summed E-state index contributed by atoms with van der Waals surface area (Å²) in [5.41, 5.74) is 3.68. The first-order chi connectivity index (χ1) is 12.6. The molecule has 138 valence electrons. The van der Waals surface area contributed by atoms with Crippen LogP contribution in [0.25, 0.3) is 0 Å². The zero-order valence-electron chi connectivity index (χ0n) is 15.2. The number of rotatable bonds is 6. The van der Waals surface area contributed by atoms with Crippen molar-refractivity contribution in [1.29, 1.82) is 0 Å². The smallest absolute Gasteiger partial charge is 0.234 e. The van der Waals surface area contributed by atoms with Gasteiger partial charge >= 0.3 is 0 Å². The van der Waals surface area contributed by atoms with Gasteiger partial charge in [0.1, 0.15) is 0 Å². The number of piperazine rings is 1. The molecule has 0 aromatic heterocycles. The summed E-state index contributed by atoms with van der Waals surface area (Å²) in [6.45, 7) is 7.90. The van der Waals surface area contributed by atoms with Crippen LogP contribution in [0.2, 0.25) is 5.02 Å². The quantitative estimate of drug-likeness (QED) is 0.847. The van der Waals surface area contributed by atoms with Gasteiger partial charge in [-0.05, 0) is 29.7 Å². The van der Waals surface area contributed by atoms with E-state index in [1.54, 1.807) is 0 Å². The normalized spacial score (nSPS) is 15.8. The minimum Gasteiger partial charge on any atom is -0.351 e. The van der Waals surface area contributed by atoms with Crippen LogP contribution in [-0.4, -0.2) is 48.4 Å². The number of carbonyl (C=O) groups excluding carboxylic acids is 1. The molecule has 1 heterocycles. The number of hydrogen-bond acceptors (Lipinski definition) is 3. The molecular formula is C21H26ClN3O. The molecule has 0 radical (unpaired) electrons. The van der Waals surface area contributed by atoms with Gasteiger partial charge < -0.3 is 5.32 Å². The number of amides is 1. The standard InChI is InChI=1S/C21H26ClN3O/c1-17-6-2-3-8-19(17)15-24-10-12-25(13-11-24)16-21(26)23-14-18-7-4-5-9-20(18)22/h2-9H,10-16H2,1H3,(H,23,26). The lowest BCUT2D eigenvalue weighted by molar-refractivity contribution is -0.122. The summed E-state index contributed by atoms with van der Waals surface area (Å²) >= 11 is 6.13. The summed E-state index contributed by atoms with van der Waals surface area (Å²) in [6.07, 6.45) is 0. The Morgan fingerprint density at radius 3 is 2.27 bits per heavy atom. The second-order valence-corrected chi connectivity index (χ2v) is 7.25. The molecule has 2 aromatic rings. The van der Waals surface area contributed by atoms with Crippen molar-refractivity contribution >= 4 is 17.5 Å². The van der Waals surface area contributed by atoms with Crippen LogP contribution < -0.4 is 5.32 Å². The molecule has 2 aromatic carbocycles. The van der Waals surface area contributed by atoms with Crippen LogP contribution >= 0.6 is 11.6 Å². The molecule has 1 amide bonds. The van der Waals surface area contributed by atoms with E-state index in [1.807, 2.05) is 24.3 Å². The Balaban J connectivity index is 1.40. The number of nitrogens with zero attached hydrogens (tertiary/aromatic N) is 2. The molecule has 0 atom stereocenters. The average molecular weight is 372 g/mol. The van der Waals surface area contributed by atoms with Crippen LogP contribution in [0.5, 0.6) is 0 Å². The highest BCUT2D eigenvalue weighted by atomic mass is 35.5. The summed E-state index contributed by atoms with van der Waals surface area (Å²) in [7, 11) is 0. The second-order valence-electron chi connectivity index (χ2n) is 6.85. The molecule has 4 nitrogen and oxygen atoms in total. The van der Waals surface area contributed by atoms with Gasteiger partial charge in [-0.25, -0.2) is 0 Å². The lowest BCUT2D eigenvalue weighted by Crippen LogP contribution is -2.49. The van der Waals surface area contributed by atoms with Crippen molar-refractivity contribution in [1.82, 2.24) is 15.1 Å². The zero-order chi connectivity index (χ0) is 18.4. The molecule has 1 aliphatic rings. The van der Waals surface area contributed by atoms with E-state index >= 15 is 0 Å². The predicted octanol–water partition coefficient (Wildman–Crippen LogP) is 3.08. The molecule has 1 saturated heterocycles. The third-order valence-corrected chi connectivity index (χ3v) is 5.29. The summed E-state index contributed by atoms with van der Waals surface area (Å²) in [4.78, 5) is 16.9. The minimum atomic E-state index is 0.0530. The van der Waals surface area contributed by atoms with Gasteiger partial charge in [-0.15, -0.1) is 0 Å². The number of nitrogens with one attached hydrogen (secondary N) is 1. The Morgan fingerprint density at radius 2 is 1.58 bits per heavy atom. The van der Waals surface area contributed by atoms with Crippen molar-refractivity contribution in [3.63, 3.8) is 0 Å². The van der Waals surface area contributed by atoms with Crippen LogP contribution in [0, 0.1) is 6.92 Å². The van der Waals surface area contributed by atoms with Crippen LogP contribution in [0.1, 0.15) is 16.7 Å². The first-order valence-electron chi connectivity index (χ1n) is 9.11. The first-order valence-corrected chi connectivity index (χ1v) is 9.49. The van der Waals surface area contributed by atoms with Gasteiger partial charge in [0.2, 0.25) is 5.91 Å². The topological polar surface area (TPSA) is 35.6 Å². The van der Waals surface area contributed by atoms with Crippen molar-refractivity contribution < 1.29 is 4.79 Å². The fraction of sp³-hybridized carbons (Fsp3) is 0.381. The van der Waals surface area contributed by atoms with E-state index in [0.29, 0.717) is 18.1 Å². The van der Waals surface area contributed by atoms with Gasteiger partial charge in [0.05, 0.1) is 6.54 Å². The SMILES string of the molecule is Cc1ccccc1CN1CCN(CC(=O)NCc2ccccc2Cl)CC1. The molecule has 1 N–H and O–H groups in total. The molecule has 0 aliphatic carbocycles. The van der Waals surface area contributed by atoms with Crippen molar-refractivity contribution in [2.75, 3.05) is 32.7 Å². The maximum Gasteiger partial charge on any atom is 0.234 e. The van der Waals surface area contributed by atoms with Gasteiger partial charge in [-0.3, -0.25) is 14.6 Å². The predicted molar refractivity (Wildman–Crippen MR) is 106 cm³/mol. The van der Waals surface area contributed by atoms with E-state index in [-0.39, 0.29) is 5.91 Å². The van der Waals surface area contributed by atoms with E-state index < -0.39 is 0 Å². The maximum atomic E-state index is 12.2. The molecule has 1 fully saturated rings. The van der Waals surface area contributed by atoms with Crippen molar-refractivity contribution in [3.05, 3.63) is 70.2 Å². The van der Waals surface area contributed by atoms with E-state index in [4.69, 9.17) is 11.6 Å². The Bertz CT molecular complexity index is 742. The van der Waals surface area contributed by atoms with Crippen LogP contribution in [0.15, 0.2) is 48.5 Å². The number of hydrogen-bond donors (Lipinski definition) is 1. The lowest BCUT2D eigenvalue weighted by Gasteiger charge is -2.34. The Kier molecular flexibility index (Phi) is 6.67. The lowest BCUT2D eigenvalue weighted by atomic mass is 10.1. The van der Waals surface area contributed by atoms with Crippen LogP contribution in [-0.2, 0) is 17.9 Å². The molecule has 3 rings (SSSR count). The van der Waals surface area contributed by atoms with Gasteiger partial charge in [-0.2, -0.15) is 0 Å². The van der Waals surface area contributed by atoms with Crippen LogP contribution in [0.3, 0.4) is 0 Å². The molecule has 0 unspecified atom stereocenters. The highest BCUT2D eigenvalue weighted by Gasteiger charge is 2.19. The van der Waals surface area contributed by atoms with Gasteiger partial charge in [0.25, 0.3) is 0 Å². The monoisotopic (exact) mass is 371 g/mol. The Hall–Kier alpha value is -1.88. The molecule has 0 saturated carbocycles. The zero-order valence-corrected chi connectivity index (χ0v) is 16.0. The molecular weight excluding hydrogens is 346 g/mol. The minimum absolute atomic E-state index is 0.0530. The average Bonchev–Trinajstić information content (AvgIpc) is 2.64. The highest BCUT2D eigenvalue weighted by molar-refractivity contribution is 6.31. The second kappa shape index (κ2) is 9.17. The maximum absolute atomic E-state index is 12.2. The fourth-order valence-corrected chi connectivity index (χ4v) is 3.43. The van der Waals surface area contributed by atoms with E-state index in [1.165, 1.54) is 11.1 Å². The van der Waals surface area contributed by atoms with E-state index in [9.17, 15) is 4.79 Å². The third kappa shape index (κ3) is 5.31. The summed E-state index contributed by atoms with van der Waals surface area (Å²) < 4.78 is 0. The van der Waals surface area contributed by atoms with Crippen molar-refractivity contribution in [3.8, 4) is 0 Å². The summed E-state index contributed by atoms with van der Waals surface area (Å²) in [5, 5.41) is 3.66. The number of carbonyl (C=O) groups is 1. The van der Waals surface area contributed by atoms with Gasteiger partial charge in [0.15, 0.2) is 0 Å². The Morgan fingerprint density at radius 1 is 0.962 bits per heavy atom. The van der Waals surface area contributed by atoms with E-state index in [0.717, 1.165) is 38.3 Å². The molecule has 0 bridgehead atoms. The highest BCUT2D eigenvalue weighted by Crippen LogP contribution is 2.14. The molecule has 0 spiro atoms. The summed E-state index contributed by atoms with van der Waals surface area (Å²) in [6, 6.07) is 16.1. The van der Waals surface area contributed by atoms with Gasteiger partial charge in [0, 0.05) is 44.3 Å². The fourth-order valence-electron chi connectivity index (χ4n) is 3.23. The van der Waals surface area contributed by atoms with Gasteiger partial charge in [-0.1, -0.05) is 54.1 Å². The third-order valence-electron chi connectivity index (χ3n) is 4.92. The number of halogens is 1. The van der Waals surface area contributed by atoms with Crippen molar-refractivity contribution in [2.45, 2.75) is 20.0 Å². The van der Waals surface area contributed by atoms with Crippen molar-refractivity contribution in [2.24, 2.45) is 0 Å². The molecule has 26 heavy (non-hydrogen) atoms. The first kappa shape index (κ1) is 18.9. The Labute approximate surface area is 160 Å². The largest absolute Gasteiger partial charge is 0.351 e. The number of benzene rings is 2. The number of aryl methyl sites for hydroxylation is 1.